The maximum absolute atomic E-state index is 14.1. The van der Waals surface area contributed by atoms with E-state index in [1.807, 2.05) is 35.2 Å². The van der Waals surface area contributed by atoms with Gasteiger partial charge in [0.05, 0.1) is 37.2 Å². The van der Waals surface area contributed by atoms with Gasteiger partial charge in [-0.3, -0.25) is 24.1 Å². The molecule has 0 bridgehead atoms. The summed E-state index contributed by atoms with van der Waals surface area (Å²) < 4.78 is 17.1. The van der Waals surface area contributed by atoms with Crippen LogP contribution < -0.4 is 16.4 Å². The number of nitrogens with zero attached hydrogens (tertiary/aromatic N) is 2. The van der Waals surface area contributed by atoms with Gasteiger partial charge >= 0.3 is 5.97 Å². The Morgan fingerprint density at radius 1 is 1.00 bits per heavy atom. The average Bonchev–Trinajstić information content (AvgIpc) is 3.60. The first-order chi connectivity index (χ1) is 24.2. The van der Waals surface area contributed by atoms with Gasteiger partial charge in [-0.1, -0.05) is 71.4 Å². The smallest absolute Gasteiger partial charge is 0.322 e. The van der Waals surface area contributed by atoms with Gasteiger partial charge in [-0.2, -0.15) is 0 Å². The van der Waals surface area contributed by atoms with Crippen LogP contribution in [0.15, 0.2) is 30.3 Å². The summed E-state index contributed by atoms with van der Waals surface area (Å²) in [6.07, 6.45) is 2.53. The summed E-state index contributed by atoms with van der Waals surface area (Å²) in [7, 11) is 5.39. The van der Waals surface area contributed by atoms with Crippen LogP contribution in [0.2, 0.25) is 0 Å². The minimum absolute atomic E-state index is 0.00848. The van der Waals surface area contributed by atoms with E-state index < -0.39 is 30.1 Å². The zero-order chi connectivity index (χ0) is 38.2. The molecule has 4 N–H and O–H groups in total. The van der Waals surface area contributed by atoms with Gasteiger partial charge in [0.25, 0.3) is 0 Å². The van der Waals surface area contributed by atoms with Crippen LogP contribution in [0.4, 0.5) is 0 Å². The molecule has 1 aromatic carbocycles. The van der Waals surface area contributed by atoms with Crippen LogP contribution in [0.3, 0.4) is 0 Å². The third-order valence-electron chi connectivity index (χ3n) is 10.7. The second kappa shape index (κ2) is 22.1. The van der Waals surface area contributed by atoms with Gasteiger partial charge in [-0.15, -0.1) is 0 Å². The van der Waals surface area contributed by atoms with Crippen molar-refractivity contribution in [3.8, 4) is 0 Å². The summed E-state index contributed by atoms with van der Waals surface area (Å²) in [5.41, 5.74) is 6.43. The Morgan fingerprint density at radius 2 is 1.67 bits per heavy atom. The van der Waals surface area contributed by atoms with Crippen LogP contribution in [-0.4, -0.2) is 117 Å². The van der Waals surface area contributed by atoms with E-state index in [1.165, 1.54) is 0 Å². The highest BCUT2D eigenvalue weighted by molar-refractivity contribution is 5.89. The molecule has 0 spiro atoms. The summed E-state index contributed by atoms with van der Waals surface area (Å²) in [4.78, 5) is 57.1. The first-order valence-corrected chi connectivity index (χ1v) is 18.8. The van der Waals surface area contributed by atoms with E-state index in [2.05, 4.69) is 57.2 Å². The van der Waals surface area contributed by atoms with E-state index in [0.29, 0.717) is 37.3 Å². The predicted molar refractivity (Wildman–Crippen MR) is 200 cm³/mol. The van der Waals surface area contributed by atoms with Crippen LogP contribution in [-0.2, 0) is 39.8 Å². The highest BCUT2D eigenvalue weighted by atomic mass is 16.5. The van der Waals surface area contributed by atoms with Crippen molar-refractivity contribution in [3.05, 3.63) is 35.9 Å². The van der Waals surface area contributed by atoms with Crippen molar-refractivity contribution in [2.75, 3.05) is 41.0 Å². The van der Waals surface area contributed by atoms with Crippen LogP contribution in [0.5, 0.6) is 0 Å². The van der Waals surface area contributed by atoms with Gasteiger partial charge in [-0.05, 0) is 57.6 Å². The normalized spacial score (nSPS) is 19.5. The molecule has 1 saturated heterocycles. The number of hydrogen-bond acceptors (Lipinski definition) is 9. The predicted octanol–water partition coefficient (Wildman–Crippen LogP) is 3.55. The lowest BCUT2D eigenvalue weighted by Gasteiger charge is -2.42. The molecule has 12 heteroatoms. The third kappa shape index (κ3) is 13.1. The summed E-state index contributed by atoms with van der Waals surface area (Å²) in [6.45, 7) is 15.3. The van der Waals surface area contributed by atoms with E-state index >= 15 is 0 Å². The number of ether oxygens (including phenoxy) is 3. The number of benzene rings is 1. The monoisotopic (exact) mass is 718 g/mol. The molecule has 0 saturated carbocycles. The number of likely N-dealkylation sites (tertiary alicyclic amines) is 1. The fraction of sp³-hybridized carbons (Fsp3) is 0.744. The van der Waals surface area contributed by atoms with Crippen molar-refractivity contribution in [1.82, 2.24) is 20.4 Å². The molecule has 3 amide bonds. The molecule has 1 heterocycles. The molecular weight excluding hydrogens is 650 g/mol. The molecule has 2 rings (SSSR count). The second-order valence-corrected chi connectivity index (χ2v) is 14.6. The largest absolute Gasteiger partial charge is 0.464 e. The second-order valence-electron chi connectivity index (χ2n) is 14.6. The highest BCUT2D eigenvalue weighted by Crippen LogP contribution is 2.30. The number of rotatable bonds is 22. The van der Waals surface area contributed by atoms with Gasteiger partial charge in [0.1, 0.15) is 12.1 Å². The standard InChI is InChI=1S/C39H67N5O7/c1-11-26(4)35(43(8)29(7)25(2)3)33(49-9)24-34(45)44-21-15-19-32(44)36(50-10)27(5)37(46)42-31(23-30-17-13-12-14-18-30)38(47)41-20-16-22-51-39(48)28(6)40/h12-14,17-18,25-29,31-33,35-36H,11,15-16,19-24,40H2,1-10H3,(H,41,47)(H,42,46)/t26-,27+,28-,29-,31-,32-,33+,35-,36+/m0/s1. The molecule has 51 heavy (non-hydrogen) atoms. The van der Waals surface area contributed by atoms with Crippen LogP contribution in [0.1, 0.15) is 86.1 Å². The van der Waals surface area contributed by atoms with Crippen molar-refractivity contribution < 1.29 is 33.4 Å². The SMILES string of the molecule is CC[C@H](C)[C@@H]([C@@H](CC(=O)N1CCC[C@H]1[C@H](OC)[C@@H](C)C(=O)N[C@@H](Cc1ccccc1)C(=O)NCCCOC(=O)[C@H](C)N)OC)N(C)[C@@H](C)C(C)C. The Hall–Kier alpha value is -3.06. The van der Waals surface area contributed by atoms with Crippen molar-refractivity contribution >= 4 is 23.7 Å². The van der Waals surface area contributed by atoms with Crippen molar-refractivity contribution in [2.24, 2.45) is 23.5 Å². The van der Waals surface area contributed by atoms with Crippen LogP contribution in [0, 0.1) is 17.8 Å². The molecule has 12 nitrogen and oxygen atoms in total. The van der Waals surface area contributed by atoms with E-state index in [9.17, 15) is 19.2 Å². The number of likely N-dealkylation sites (N-methyl/N-ethyl adjacent to an activating group) is 1. The molecule has 0 aliphatic carbocycles. The summed E-state index contributed by atoms with van der Waals surface area (Å²) in [6, 6.07) is 7.99. The Balaban J connectivity index is 2.17. The van der Waals surface area contributed by atoms with E-state index in [-0.39, 0.29) is 61.9 Å². The number of methoxy groups -OCH3 is 2. The number of carbonyl (C=O) groups excluding carboxylic acids is 4. The molecule has 1 aliphatic rings. The number of amides is 3. The molecule has 9 atom stereocenters. The Morgan fingerprint density at radius 3 is 2.24 bits per heavy atom. The summed E-state index contributed by atoms with van der Waals surface area (Å²) in [5, 5.41) is 5.83. The molecule has 1 aliphatic heterocycles. The molecule has 0 unspecified atom stereocenters. The average molecular weight is 718 g/mol. The Kier molecular flexibility index (Phi) is 19.1. The topological polar surface area (TPSA) is 153 Å². The first kappa shape index (κ1) is 44.1. The van der Waals surface area contributed by atoms with Gasteiger partial charge in [-0.25, -0.2) is 0 Å². The third-order valence-corrected chi connectivity index (χ3v) is 10.7. The first-order valence-electron chi connectivity index (χ1n) is 18.8. The van der Waals surface area contributed by atoms with Gasteiger partial charge < -0.3 is 35.5 Å². The lowest BCUT2D eigenvalue weighted by atomic mass is 9.88. The van der Waals surface area contributed by atoms with Gasteiger partial charge in [0.15, 0.2) is 0 Å². The molecule has 1 fully saturated rings. The van der Waals surface area contributed by atoms with E-state index in [1.54, 1.807) is 28.1 Å². The Labute approximate surface area is 306 Å². The maximum Gasteiger partial charge on any atom is 0.322 e. The summed E-state index contributed by atoms with van der Waals surface area (Å²) >= 11 is 0. The number of nitrogens with one attached hydrogen (secondary N) is 2. The molecular formula is C39H67N5O7. The minimum atomic E-state index is -0.849. The quantitative estimate of drug-likeness (QED) is 0.121. The fourth-order valence-electron chi connectivity index (χ4n) is 7.01. The van der Waals surface area contributed by atoms with Crippen molar-refractivity contribution in [3.63, 3.8) is 0 Å². The molecule has 0 radical (unpaired) electrons. The van der Waals surface area contributed by atoms with Gasteiger partial charge in [0.2, 0.25) is 17.7 Å². The number of carbonyl (C=O) groups is 4. The lowest BCUT2D eigenvalue weighted by Crippen LogP contribution is -2.55. The maximum atomic E-state index is 14.1. The minimum Gasteiger partial charge on any atom is -0.464 e. The van der Waals surface area contributed by atoms with E-state index in [0.717, 1.165) is 18.4 Å². The lowest BCUT2D eigenvalue weighted by molar-refractivity contribution is -0.144. The van der Waals surface area contributed by atoms with Gasteiger partial charge in [0, 0.05) is 45.8 Å². The van der Waals surface area contributed by atoms with Crippen molar-refractivity contribution in [1.29, 1.82) is 0 Å². The molecule has 0 aromatic heterocycles. The molecule has 290 valence electrons. The van der Waals surface area contributed by atoms with E-state index in [4.69, 9.17) is 19.9 Å². The summed E-state index contributed by atoms with van der Waals surface area (Å²) in [5.74, 6) is -1.08. The zero-order valence-electron chi connectivity index (χ0n) is 32.9. The number of hydrogen-bond donors (Lipinski definition) is 3. The number of nitrogens with two attached hydrogens (primary N) is 1. The Bertz CT molecular complexity index is 1220. The van der Waals surface area contributed by atoms with Crippen molar-refractivity contribution in [2.45, 2.75) is 129 Å². The number of esters is 1. The van der Waals surface area contributed by atoms with Crippen LogP contribution in [0.25, 0.3) is 0 Å². The zero-order valence-corrected chi connectivity index (χ0v) is 32.9. The highest BCUT2D eigenvalue weighted by Gasteiger charge is 2.42. The van der Waals surface area contributed by atoms with Crippen LogP contribution >= 0.6 is 0 Å². The molecule has 1 aromatic rings. The fourth-order valence-corrected chi connectivity index (χ4v) is 7.01.